The first kappa shape index (κ1) is 11.7. The zero-order valence-electron chi connectivity index (χ0n) is 9.28. The van der Waals surface area contributed by atoms with Gasteiger partial charge in [-0.2, -0.15) is 11.8 Å². The number of ether oxygens (including phenoxy) is 1. The van der Waals surface area contributed by atoms with Gasteiger partial charge in [-0.15, -0.1) is 0 Å². The number of nitrogens with zero attached hydrogens (tertiary/aromatic N) is 1. The molecular formula is C11H21NO2S. The van der Waals surface area contributed by atoms with Crippen molar-refractivity contribution in [1.29, 1.82) is 0 Å². The van der Waals surface area contributed by atoms with E-state index < -0.39 is 0 Å². The summed E-state index contributed by atoms with van der Waals surface area (Å²) in [6.45, 7) is 5.25. The second-order valence-electron chi connectivity index (χ2n) is 4.70. The Kier molecular flexibility index (Phi) is 4.31. The van der Waals surface area contributed by atoms with Crippen molar-refractivity contribution in [3.8, 4) is 0 Å². The summed E-state index contributed by atoms with van der Waals surface area (Å²) in [5.41, 5.74) is 0.0280. The molecule has 4 heteroatoms. The van der Waals surface area contributed by atoms with E-state index in [0.717, 1.165) is 32.6 Å². The van der Waals surface area contributed by atoms with Gasteiger partial charge in [0.1, 0.15) is 0 Å². The molecule has 1 N–H and O–H groups in total. The van der Waals surface area contributed by atoms with Crippen LogP contribution in [0.3, 0.4) is 0 Å². The molecule has 1 unspecified atom stereocenters. The van der Waals surface area contributed by atoms with Gasteiger partial charge in [0.2, 0.25) is 0 Å². The van der Waals surface area contributed by atoms with E-state index in [1.807, 2.05) is 11.8 Å². The first-order valence-corrected chi connectivity index (χ1v) is 6.99. The van der Waals surface area contributed by atoms with Crippen LogP contribution in [0.25, 0.3) is 0 Å². The van der Waals surface area contributed by atoms with Crippen LogP contribution in [-0.4, -0.2) is 61.0 Å². The van der Waals surface area contributed by atoms with Crippen molar-refractivity contribution in [2.45, 2.75) is 12.8 Å². The number of thioether (sulfide) groups is 1. The summed E-state index contributed by atoms with van der Waals surface area (Å²) in [6.07, 6.45) is 2.22. The summed E-state index contributed by atoms with van der Waals surface area (Å²) < 4.78 is 5.53. The molecule has 0 spiro atoms. The number of rotatable bonds is 3. The summed E-state index contributed by atoms with van der Waals surface area (Å²) in [5, 5.41) is 9.56. The molecule has 2 heterocycles. The lowest BCUT2D eigenvalue weighted by atomic mass is 9.83. The Morgan fingerprint density at radius 3 is 2.73 bits per heavy atom. The number of hydrogen-bond acceptors (Lipinski definition) is 4. The van der Waals surface area contributed by atoms with Crippen LogP contribution in [0, 0.1) is 5.41 Å². The number of aliphatic hydroxyl groups is 1. The normalized spacial score (nSPS) is 34.2. The van der Waals surface area contributed by atoms with Crippen molar-refractivity contribution in [2.75, 3.05) is 51.0 Å². The van der Waals surface area contributed by atoms with Crippen LogP contribution in [0.2, 0.25) is 0 Å². The molecule has 15 heavy (non-hydrogen) atoms. The lowest BCUT2D eigenvalue weighted by Gasteiger charge is -2.40. The smallest absolute Gasteiger partial charge is 0.0556 e. The maximum absolute atomic E-state index is 9.56. The summed E-state index contributed by atoms with van der Waals surface area (Å²) in [7, 11) is 0. The Morgan fingerprint density at radius 2 is 2.13 bits per heavy atom. The zero-order valence-corrected chi connectivity index (χ0v) is 10.1. The average molecular weight is 231 g/mol. The van der Waals surface area contributed by atoms with Gasteiger partial charge in [0.05, 0.1) is 13.2 Å². The molecule has 0 saturated carbocycles. The van der Waals surface area contributed by atoms with Crippen LogP contribution in [0.15, 0.2) is 0 Å². The molecule has 0 aromatic rings. The van der Waals surface area contributed by atoms with Crippen LogP contribution in [0.5, 0.6) is 0 Å². The number of hydrogen-bond donors (Lipinski definition) is 1. The molecule has 0 aromatic heterocycles. The summed E-state index contributed by atoms with van der Waals surface area (Å²) in [6, 6.07) is 0. The van der Waals surface area contributed by atoms with Crippen molar-refractivity contribution in [3.63, 3.8) is 0 Å². The van der Waals surface area contributed by atoms with Crippen LogP contribution >= 0.6 is 11.8 Å². The molecule has 88 valence electrons. The maximum atomic E-state index is 9.56. The highest BCUT2D eigenvalue weighted by atomic mass is 32.2. The van der Waals surface area contributed by atoms with Crippen molar-refractivity contribution in [1.82, 2.24) is 4.90 Å². The lowest BCUT2D eigenvalue weighted by Crippen LogP contribution is -2.47. The Hall–Kier alpha value is 0.230. The van der Waals surface area contributed by atoms with Gasteiger partial charge in [-0.25, -0.2) is 0 Å². The highest BCUT2D eigenvalue weighted by Gasteiger charge is 2.34. The third kappa shape index (κ3) is 3.09. The van der Waals surface area contributed by atoms with E-state index in [4.69, 9.17) is 4.74 Å². The fourth-order valence-electron chi connectivity index (χ4n) is 2.44. The van der Waals surface area contributed by atoms with E-state index in [9.17, 15) is 5.11 Å². The quantitative estimate of drug-likeness (QED) is 0.780. The van der Waals surface area contributed by atoms with Crippen LogP contribution in [0.1, 0.15) is 12.8 Å². The Bertz CT molecular complexity index is 189. The van der Waals surface area contributed by atoms with Gasteiger partial charge in [-0.1, -0.05) is 0 Å². The van der Waals surface area contributed by atoms with Gasteiger partial charge in [0, 0.05) is 43.2 Å². The van der Waals surface area contributed by atoms with Crippen molar-refractivity contribution in [3.05, 3.63) is 0 Å². The third-order valence-corrected chi connectivity index (χ3v) is 4.34. The van der Waals surface area contributed by atoms with Gasteiger partial charge < -0.3 is 14.7 Å². The Balaban J connectivity index is 1.87. The standard InChI is InChI=1S/C11H21NO2S/c13-9-11(2-1-5-14-10-11)8-12-3-6-15-7-4-12/h13H,1-10H2. The van der Waals surface area contributed by atoms with E-state index in [1.165, 1.54) is 24.6 Å². The second kappa shape index (κ2) is 5.53. The monoisotopic (exact) mass is 231 g/mol. The first-order chi connectivity index (χ1) is 7.35. The first-order valence-electron chi connectivity index (χ1n) is 5.83. The van der Waals surface area contributed by atoms with Gasteiger partial charge in [0.15, 0.2) is 0 Å². The third-order valence-electron chi connectivity index (χ3n) is 3.40. The predicted octanol–water partition coefficient (Wildman–Crippen LogP) is 0.824. The summed E-state index contributed by atoms with van der Waals surface area (Å²) >= 11 is 2.03. The molecular weight excluding hydrogens is 210 g/mol. The van der Waals surface area contributed by atoms with Gasteiger partial charge in [-0.05, 0) is 12.8 Å². The van der Waals surface area contributed by atoms with E-state index >= 15 is 0 Å². The van der Waals surface area contributed by atoms with Gasteiger partial charge in [0.25, 0.3) is 0 Å². The van der Waals surface area contributed by atoms with Crippen LogP contribution < -0.4 is 0 Å². The summed E-state index contributed by atoms with van der Waals surface area (Å²) in [4.78, 5) is 2.49. The highest BCUT2D eigenvalue weighted by molar-refractivity contribution is 7.99. The highest BCUT2D eigenvalue weighted by Crippen LogP contribution is 2.29. The lowest BCUT2D eigenvalue weighted by molar-refractivity contribution is -0.0541. The topological polar surface area (TPSA) is 32.7 Å². The van der Waals surface area contributed by atoms with E-state index in [1.54, 1.807) is 0 Å². The molecule has 0 aliphatic carbocycles. The van der Waals surface area contributed by atoms with Crippen LogP contribution in [0.4, 0.5) is 0 Å². The number of aliphatic hydroxyl groups excluding tert-OH is 1. The molecule has 3 nitrogen and oxygen atoms in total. The zero-order chi connectivity index (χ0) is 10.6. The molecule has 0 radical (unpaired) electrons. The van der Waals surface area contributed by atoms with Crippen LogP contribution in [-0.2, 0) is 4.74 Å². The predicted molar refractivity (Wildman–Crippen MR) is 63.3 cm³/mol. The largest absolute Gasteiger partial charge is 0.396 e. The minimum Gasteiger partial charge on any atom is -0.396 e. The van der Waals surface area contributed by atoms with E-state index in [2.05, 4.69) is 4.90 Å². The molecule has 2 saturated heterocycles. The fourth-order valence-corrected chi connectivity index (χ4v) is 3.42. The molecule has 0 amide bonds. The Morgan fingerprint density at radius 1 is 1.33 bits per heavy atom. The minimum atomic E-state index is 0.0280. The molecule has 0 bridgehead atoms. The fraction of sp³-hybridized carbons (Fsp3) is 1.00. The van der Waals surface area contributed by atoms with Gasteiger partial charge in [-0.3, -0.25) is 0 Å². The summed E-state index contributed by atoms with van der Waals surface area (Å²) in [5.74, 6) is 2.48. The SMILES string of the molecule is OCC1(CN2CCSCC2)CCCOC1. The molecule has 1 atom stereocenters. The van der Waals surface area contributed by atoms with Crippen molar-refractivity contribution >= 4 is 11.8 Å². The second-order valence-corrected chi connectivity index (χ2v) is 5.93. The molecule has 2 rings (SSSR count). The van der Waals surface area contributed by atoms with Crippen molar-refractivity contribution in [2.24, 2.45) is 5.41 Å². The van der Waals surface area contributed by atoms with Gasteiger partial charge >= 0.3 is 0 Å². The molecule has 2 aliphatic rings. The van der Waals surface area contributed by atoms with E-state index in [0.29, 0.717) is 0 Å². The molecule has 2 fully saturated rings. The molecule has 2 aliphatic heterocycles. The maximum Gasteiger partial charge on any atom is 0.0556 e. The average Bonchev–Trinajstić information content (AvgIpc) is 2.32. The van der Waals surface area contributed by atoms with E-state index in [-0.39, 0.29) is 12.0 Å². The molecule has 0 aromatic carbocycles. The van der Waals surface area contributed by atoms with Crippen molar-refractivity contribution < 1.29 is 9.84 Å². The minimum absolute atomic E-state index is 0.0280. The Labute approximate surface area is 96.2 Å².